The second-order valence-corrected chi connectivity index (χ2v) is 6.90. The molecule has 0 atom stereocenters. The molecule has 0 aliphatic carbocycles. The molecule has 3 aromatic rings. The summed E-state index contributed by atoms with van der Waals surface area (Å²) in [7, 11) is 0. The van der Waals surface area contributed by atoms with E-state index in [-0.39, 0.29) is 27.8 Å². The number of carbonyl (C=O) groups excluding carboxylic acids is 2. The third-order valence-corrected chi connectivity index (χ3v) is 4.71. The predicted octanol–water partition coefficient (Wildman–Crippen LogP) is 5.62. The second kappa shape index (κ2) is 7.53. The molecule has 3 aromatic carbocycles. The largest absolute Gasteiger partial charge is 0.452 e. The Labute approximate surface area is 171 Å². The number of Topliss-reactive ketones (excluding diaryl/α,β-unsaturated/α-hetero) is 1. The third-order valence-electron chi connectivity index (χ3n) is 4.38. The molecule has 6 heteroatoms. The molecule has 0 bridgehead atoms. The molecule has 1 heterocycles. The molecular formula is C23H14ClFO4. The molecule has 0 unspecified atom stereocenters. The van der Waals surface area contributed by atoms with Gasteiger partial charge in [-0.3, -0.25) is 4.79 Å². The number of hydrogen-bond donors (Lipinski definition) is 0. The number of aryl methyl sites for hydroxylation is 1. The quantitative estimate of drug-likeness (QED) is 0.320. The molecule has 4 rings (SSSR count). The summed E-state index contributed by atoms with van der Waals surface area (Å²) >= 11 is 6.01. The first kappa shape index (κ1) is 18.9. The first-order valence-corrected chi connectivity index (χ1v) is 9.11. The van der Waals surface area contributed by atoms with Crippen molar-refractivity contribution >= 4 is 29.4 Å². The van der Waals surface area contributed by atoms with Crippen molar-refractivity contribution in [2.45, 2.75) is 6.92 Å². The van der Waals surface area contributed by atoms with Crippen LogP contribution >= 0.6 is 11.6 Å². The lowest BCUT2D eigenvalue weighted by Gasteiger charge is -2.06. The summed E-state index contributed by atoms with van der Waals surface area (Å²) in [4.78, 5) is 24.9. The van der Waals surface area contributed by atoms with Gasteiger partial charge in [0.05, 0.1) is 16.1 Å². The fourth-order valence-electron chi connectivity index (χ4n) is 2.95. The summed E-state index contributed by atoms with van der Waals surface area (Å²) in [5.74, 6) is -1.10. The Morgan fingerprint density at radius 1 is 1.10 bits per heavy atom. The van der Waals surface area contributed by atoms with Crippen molar-refractivity contribution in [3.05, 3.63) is 99.5 Å². The first-order chi connectivity index (χ1) is 13.9. The fourth-order valence-corrected chi connectivity index (χ4v) is 3.17. The number of allylic oxidation sites excluding steroid dienone is 1. The van der Waals surface area contributed by atoms with Gasteiger partial charge >= 0.3 is 5.97 Å². The standard InChI is InChI=1S/C23H14ClFO4/c1-13-4-2-5-14(10-13)23(27)28-15-8-9-16-20(11-15)29-21(22(16)26)12-17-18(24)6-3-7-19(17)25/h2-12H,1H3/b21-12-. The maximum atomic E-state index is 14.0. The van der Waals surface area contributed by atoms with Gasteiger partial charge in [-0.2, -0.15) is 0 Å². The van der Waals surface area contributed by atoms with Gasteiger partial charge in [0.1, 0.15) is 17.3 Å². The zero-order chi connectivity index (χ0) is 20.5. The summed E-state index contributed by atoms with van der Waals surface area (Å²) in [6, 6.07) is 15.7. The van der Waals surface area contributed by atoms with Gasteiger partial charge in [-0.15, -0.1) is 0 Å². The number of ether oxygens (including phenoxy) is 2. The number of halogens is 2. The zero-order valence-electron chi connectivity index (χ0n) is 15.2. The number of fused-ring (bicyclic) bond motifs is 1. The van der Waals surface area contributed by atoms with Crippen LogP contribution < -0.4 is 9.47 Å². The smallest absolute Gasteiger partial charge is 0.343 e. The average Bonchev–Trinajstić information content (AvgIpc) is 3.00. The zero-order valence-corrected chi connectivity index (χ0v) is 16.0. The number of esters is 1. The highest BCUT2D eigenvalue weighted by Crippen LogP contribution is 2.36. The van der Waals surface area contributed by atoms with Crippen molar-refractivity contribution in [1.82, 2.24) is 0 Å². The van der Waals surface area contributed by atoms with Crippen LogP contribution in [0.1, 0.15) is 31.8 Å². The Balaban J connectivity index is 1.59. The Kier molecular flexibility index (Phi) is 4.91. The molecule has 0 aromatic heterocycles. The topological polar surface area (TPSA) is 52.6 Å². The Morgan fingerprint density at radius 3 is 2.66 bits per heavy atom. The van der Waals surface area contributed by atoms with E-state index in [1.165, 1.54) is 42.5 Å². The minimum atomic E-state index is -0.565. The summed E-state index contributed by atoms with van der Waals surface area (Å²) in [6.45, 7) is 1.88. The van der Waals surface area contributed by atoms with E-state index in [0.717, 1.165) is 5.56 Å². The number of hydrogen-bond acceptors (Lipinski definition) is 4. The van der Waals surface area contributed by atoms with Crippen LogP contribution in [-0.4, -0.2) is 11.8 Å². The van der Waals surface area contributed by atoms with Crippen molar-refractivity contribution < 1.29 is 23.5 Å². The summed E-state index contributed by atoms with van der Waals surface area (Å²) < 4.78 is 25.0. The maximum absolute atomic E-state index is 14.0. The van der Waals surface area contributed by atoms with Crippen LogP contribution in [0.5, 0.6) is 11.5 Å². The Morgan fingerprint density at radius 2 is 1.90 bits per heavy atom. The first-order valence-electron chi connectivity index (χ1n) is 8.73. The van der Waals surface area contributed by atoms with E-state index in [1.54, 1.807) is 18.2 Å². The second-order valence-electron chi connectivity index (χ2n) is 6.49. The molecule has 1 aliphatic rings. The summed E-state index contributed by atoms with van der Waals surface area (Å²) in [6.07, 6.45) is 1.26. The molecule has 0 amide bonds. The number of ketones is 1. The van der Waals surface area contributed by atoms with Gasteiger partial charge in [0, 0.05) is 11.6 Å². The molecule has 0 saturated heterocycles. The monoisotopic (exact) mass is 408 g/mol. The molecule has 29 heavy (non-hydrogen) atoms. The minimum Gasteiger partial charge on any atom is -0.452 e. The van der Waals surface area contributed by atoms with Crippen molar-refractivity contribution in [2.75, 3.05) is 0 Å². The van der Waals surface area contributed by atoms with E-state index < -0.39 is 17.6 Å². The molecule has 1 aliphatic heterocycles. The van der Waals surface area contributed by atoms with E-state index in [1.807, 2.05) is 13.0 Å². The molecular weight excluding hydrogens is 395 g/mol. The lowest BCUT2D eigenvalue weighted by atomic mass is 10.1. The molecule has 0 radical (unpaired) electrons. The predicted molar refractivity (Wildman–Crippen MR) is 107 cm³/mol. The van der Waals surface area contributed by atoms with E-state index in [4.69, 9.17) is 21.1 Å². The Hall–Kier alpha value is -3.44. The van der Waals surface area contributed by atoms with Gasteiger partial charge in [0.25, 0.3) is 0 Å². The maximum Gasteiger partial charge on any atom is 0.343 e. The van der Waals surface area contributed by atoms with E-state index in [0.29, 0.717) is 11.1 Å². The molecule has 0 spiro atoms. The SMILES string of the molecule is Cc1cccc(C(=O)Oc2ccc3c(c2)O/C(=C\c2c(F)cccc2Cl)C3=O)c1. The van der Waals surface area contributed by atoms with Crippen molar-refractivity contribution in [1.29, 1.82) is 0 Å². The summed E-state index contributed by atoms with van der Waals surface area (Å²) in [5, 5.41) is 0.164. The van der Waals surface area contributed by atoms with Crippen molar-refractivity contribution in [3.8, 4) is 11.5 Å². The highest BCUT2D eigenvalue weighted by molar-refractivity contribution is 6.32. The molecule has 0 saturated carbocycles. The molecule has 0 N–H and O–H groups in total. The van der Waals surface area contributed by atoms with Crippen LogP contribution in [0.3, 0.4) is 0 Å². The lowest BCUT2D eigenvalue weighted by molar-refractivity contribution is 0.0734. The number of benzene rings is 3. The minimum absolute atomic E-state index is 0.0610. The van der Waals surface area contributed by atoms with E-state index in [9.17, 15) is 14.0 Å². The lowest BCUT2D eigenvalue weighted by Crippen LogP contribution is -2.08. The fraction of sp³-hybridized carbons (Fsp3) is 0.0435. The normalized spacial score (nSPS) is 13.9. The van der Waals surface area contributed by atoms with Crippen molar-refractivity contribution in [2.24, 2.45) is 0 Å². The molecule has 0 fully saturated rings. The van der Waals surface area contributed by atoms with Gasteiger partial charge in [0.2, 0.25) is 5.78 Å². The molecule has 4 nitrogen and oxygen atoms in total. The van der Waals surface area contributed by atoms with Gasteiger partial charge < -0.3 is 9.47 Å². The van der Waals surface area contributed by atoms with Gasteiger partial charge in [-0.05, 0) is 49.4 Å². The van der Waals surface area contributed by atoms with E-state index in [2.05, 4.69) is 0 Å². The number of rotatable bonds is 3. The number of carbonyl (C=O) groups is 2. The summed E-state index contributed by atoms with van der Waals surface area (Å²) in [5.41, 5.74) is 1.71. The highest BCUT2D eigenvalue weighted by Gasteiger charge is 2.28. The van der Waals surface area contributed by atoms with Crippen LogP contribution in [0.2, 0.25) is 5.02 Å². The van der Waals surface area contributed by atoms with Crippen LogP contribution in [-0.2, 0) is 0 Å². The molecule has 144 valence electrons. The van der Waals surface area contributed by atoms with Gasteiger partial charge in [-0.1, -0.05) is 35.4 Å². The third kappa shape index (κ3) is 3.77. The van der Waals surface area contributed by atoms with Gasteiger partial charge in [0.15, 0.2) is 5.76 Å². The van der Waals surface area contributed by atoms with E-state index >= 15 is 0 Å². The van der Waals surface area contributed by atoms with Crippen LogP contribution in [0.25, 0.3) is 6.08 Å². The Bertz CT molecular complexity index is 1160. The van der Waals surface area contributed by atoms with Crippen LogP contribution in [0, 0.1) is 12.7 Å². The van der Waals surface area contributed by atoms with Gasteiger partial charge in [-0.25, -0.2) is 9.18 Å². The average molecular weight is 409 g/mol. The van der Waals surface area contributed by atoms with Crippen LogP contribution in [0.4, 0.5) is 4.39 Å². The highest BCUT2D eigenvalue weighted by atomic mass is 35.5. The van der Waals surface area contributed by atoms with Crippen LogP contribution in [0.15, 0.2) is 66.4 Å². The van der Waals surface area contributed by atoms with Crippen molar-refractivity contribution in [3.63, 3.8) is 0 Å².